The van der Waals surface area contributed by atoms with Gasteiger partial charge < -0.3 is 179 Å². The van der Waals surface area contributed by atoms with Crippen molar-refractivity contribution < 1.29 is 179 Å². The Hall–Kier alpha value is -1.73. The summed E-state index contributed by atoms with van der Waals surface area (Å²) in [5.74, 6) is 0. The monoisotopic (exact) mass is 1150 g/mol. The molecule has 456 valence electrons. The molecular weight excluding hydrogens is 1080 g/mol. The third-order valence-corrected chi connectivity index (χ3v) is 14.1. The lowest BCUT2D eigenvalue weighted by Gasteiger charge is -2.50. The van der Waals surface area contributed by atoms with E-state index in [0.29, 0.717) is 0 Å². The number of hydrogen-bond donors (Lipinski definition) is 23. The molecule has 36 nitrogen and oxygen atoms in total. The van der Waals surface area contributed by atoms with Gasteiger partial charge in [0.05, 0.1) is 46.2 Å². The minimum absolute atomic E-state index is 0.154. The van der Waals surface area contributed by atoms with Crippen molar-refractivity contribution in [1.29, 1.82) is 0 Å². The van der Waals surface area contributed by atoms with Crippen molar-refractivity contribution >= 4 is 6.29 Å². The van der Waals surface area contributed by atoms with Crippen molar-refractivity contribution in [1.82, 2.24) is 0 Å². The number of ether oxygens (including phenoxy) is 12. The van der Waals surface area contributed by atoms with Crippen LogP contribution in [-0.4, -0.2) is 379 Å². The maximum atomic E-state index is 11.8. The predicted octanol–water partition coefficient (Wildman–Crippen LogP) is -16.4. The van der Waals surface area contributed by atoms with Crippen LogP contribution in [0.25, 0.3) is 0 Å². The normalized spacial score (nSPS) is 49.2. The fourth-order valence-electron chi connectivity index (χ4n) is 9.34. The van der Waals surface area contributed by atoms with Gasteiger partial charge in [-0.2, -0.15) is 0 Å². The van der Waals surface area contributed by atoms with Gasteiger partial charge in [-0.1, -0.05) is 0 Å². The Bertz CT molecular complexity index is 1790. The molecule has 0 aromatic heterocycles. The van der Waals surface area contributed by atoms with Gasteiger partial charge in [-0.25, -0.2) is 0 Å². The lowest BCUT2D eigenvalue weighted by atomic mass is 9.95. The fourth-order valence-corrected chi connectivity index (χ4v) is 9.34. The molecule has 34 atom stereocenters. The zero-order valence-corrected chi connectivity index (χ0v) is 40.8. The summed E-state index contributed by atoms with van der Waals surface area (Å²) in [6, 6.07) is 0. The summed E-state index contributed by atoms with van der Waals surface area (Å²) >= 11 is 0. The third kappa shape index (κ3) is 14.1. The van der Waals surface area contributed by atoms with Crippen molar-refractivity contribution in [2.24, 2.45) is 0 Å². The summed E-state index contributed by atoms with van der Waals surface area (Å²) in [6.07, 6.45) is -69.8. The average Bonchev–Trinajstić information content (AvgIpc) is 3.47. The van der Waals surface area contributed by atoms with Crippen LogP contribution in [0.5, 0.6) is 0 Å². The molecule has 6 saturated heterocycles. The molecule has 0 unspecified atom stereocenters. The summed E-state index contributed by atoms with van der Waals surface area (Å²) in [5.41, 5.74) is 0. The standard InChI is InChI=1S/C42H72O36/c43-1-9(49)17(51)33(10(50)2-44)75-40-30(64)24(58)34(14(6-48)72-40)76-41-31(65)25(59)36(16(73-41)8-68-38-28(62)22(56)19(53)12(4-46)70-38)78-42-32(66)26(60)35(77-39-29(63)23(57)20(54)13(5-47)71-39)15(74-42)7-67-37-27(61)21(55)18(52)11(3-45)69-37/h1,9-42,44-66H,2-8H2/t9-,10-,11-,12-,13-,14-,15-,16-,17-,18+,19+,20-,21+,22+,23+,24-,25-,26-,27-,28-,29+,30+,31+,32+,33-,34-,35-,36-,37+,38+,39+,40+,41+,42+/m1/s1. The van der Waals surface area contributed by atoms with E-state index >= 15 is 0 Å². The highest BCUT2D eigenvalue weighted by Crippen LogP contribution is 2.36. The first-order chi connectivity index (χ1) is 36.9. The molecule has 6 aliphatic heterocycles. The predicted molar refractivity (Wildman–Crippen MR) is 233 cm³/mol. The van der Waals surface area contributed by atoms with Crippen LogP contribution in [0.15, 0.2) is 0 Å². The van der Waals surface area contributed by atoms with Gasteiger partial charge in [0.25, 0.3) is 0 Å². The van der Waals surface area contributed by atoms with E-state index < -0.39 is 255 Å². The topological polar surface area (TPSA) is 593 Å². The molecule has 0 bridgehead atoms. The van der Waals surface area contributed by atoms with E-state index in [1.807, 2.05) is 0 Å². The molecule has 0 amide bonds. The first-order valence-corrected chi connectivity index (χ1v) is 24.4. The zero-order chi connectivity index (χ0) is 57.8. The Kier molecular flexibility index (Phi) is 24.1. The first-order valence-electron chi connectivity index (χ1n) is 24.4. The molecule has 6 fully saturated rings. The summed E-state index contributed by atoms with van der Waals surface area (Å²) < 4.78 is 67.5. The second kappa shape index (κ2) is 28.7. The molecule has 78 heavy (non-hydrogen) atoms. The summed E-state index contributed by atoms with van der Waals surface area (Å²) in [7, 11) is 0. The summed E-state index contributed by atoms with van der Waals surface area (Å²) in [5, 5.41) is 243. The SMILES string of the molecule is O=C[C@@H](O)[C@@H](O)[C@H](O[C@@H]1O[C@H](CO)[C@@H](O[C@@H]2O[C@H](CO[C@H]3O[C@H](CO)[C@H](O)[C@H](O)[C@H]3O)[C@@H](O[C@@H]3O[C@H](CO[C@H]4O[C@H](CO)[C@H](O)[C@H](O)[C@H]4O)[C@@H](O[C@@H]4O[C@H](CO)[C@@H](O)[C@H](O)[C@@H]4O)[C@H](O)[C@@H]3O)[C@H](O)[C@@H]2O)[C@H](O)[C@@H]1O)[C@H](O)CO. The van der Waals surface area contributed by atoms with Gasteiger partial charge in [0.2, 0.25) is 0 Å². The zero-order valence-electron chi connectivity index (χ0n) is 40.8. The van der Waals surface area contributed by atoms with Crippen LogP contribution in [0.2, 0.25) is 0 Å². The minimum atomic E-state index is -2.39. The molecule has 36 heteroatoms. The van der Waals surface area contributed by atoms with Crippen LogP contribution in [-0.2, 0) is 61.6 Å². The van der Waals surface area contributed by atoms with E-state index in [9.17, 15) is 122 Å². The van der Waals surface area contributed by atoms with E-state index in [-0.39, 0.29) is 6.29 Å². The Labute approximate surface area is 439 Å². The van der Waals surface area contributed by atoms with E-state index in [0.717, 1.165) is 0 Å². The summed E-state index contributed by atoms with van der Waals surface area (Å²) in [6.45, 7) is -7.07. The second-order valence-corrected chi connectivity index (χ2v) is 19.3. The second-order valence-electron chi connectivity index (χ2n) is 19.3. The third-order valence-electron chi connectivity index (χ3n) is 14.1. The van der Waals surface area contributed by atoms with Gasteiger partial charge in [0.15, 0.2) is 44.0 Å². The molecular formula is C42H72O36. The highest BCUT2D eigenvalue weighted by molar-refractivity contribution is 5.56. The van der Waals surface area contributed by atoms with Crippen LogP contribution in [0.4, 0.5) is 0 Å². The molecule has 0 aromatic rings. The van der Waals surface area contributed by atoms with Gasteiger partial charge in [-0.15, -0.1) is 0 Å². The van der Waals surface area contributed by atoms with E-state index in [1.165, 1.54) is 0 Å². The highest BCUT2D eigenvalue weighted by Gasteiger charge is 2.57. The van der Waals surface area contributed by atoms with Gasteiger partial charge >= 0.3 is 0 Å². The number of aliphatic hydroxyl groups is 23. The van der Waals surface area contributed by atoms with Gasteiger partial charge in [-0.05, 0) is 0 Å². The molecule has 0 radical (unpaired) electrons. The van der Waals surface area contributed by atoms with Crippen molar-refractivity contribution in [3.05, 3.63) is 0 Å². The lowest BCUT2D eigenvalue weighted by Crippen LogP contribution is -2.68. The highest BCUT2D eigenvalue weighted by atomic mass is 16.8. The van der Waals surface area contributed by atoms with Crippen LogP contribution in [0.1, 0.15) is 0 Å². The Balaban J connectivity index is 1.27. The maximum Gasteiger partial charge on any atom is 0.187 e. The van der Waals surface area contributed by atoms with Crippen LogP contribution >= 0.6 is 0 Å². The van der Waals surface area contributed by atoms with Crippen molar-refractivity contribution in [2.45, 2.75) is 209 Å². The number of carbonyl (C=O) groups excluding carboxylic acids is 1. The van der Waals surface area contributed by atoms with Crippen molar-refractivity contribution in [2.75, 3.05) is 46.2 Å². The fraction of sp³-hybridized carbons (Fsp3) is 0.976. The minimum Gasteiger partial charge on any atom is -0.394 e. The first kappa shape index (κ1) is 65.4. The quantitative estimate of drug-likeness (QED) is 0.0423. The molecule has 0 aromatic carbocycles. The number of rotatable bonds is 23. The van der Waals surface area contributed by atoms with Crippen LogP contribution in [0, 0.1) is 0 Å². The molecule has 0 saturated carbocycles. The summed E-state index contributed by atoms with van der Waals surface area (Å²) in [4.78, 5) is 11.2. The number of aliphatic hydroxyl groups excluding tert-OH is 23. The number of hydrogen-bond acceptors (Lipinski definition) is 36. The largest absolute Gasteiger partial charge is 0.394 e. The van der Waals surface area contributed by atoms with E-state index in [1.54, 1.807) is 0 Å². The molecule has 0 aliphatic carbocycles. The number of carbonyl (C=O) groups is 1. The van der Waals surface area contributed by atoms with E-state index in [2.05, 4.69) is 0 Å². The Morgan fingerprint density at radius 1 is 0.359 bits per heavy atom. The molecule has 6 aliphatic rings. The van der Waals surface area contributed by atoms with Gasteiger partial charge in [0.1, 0.15) is 171 Å². The van der Waals surface area contributed by atoms with Gasteiger partial charge in [0, 0.05) is 0 Å². The molecule has 6 rings (SSSR count). The van der Waals surface area contributed by atoms with Crippen LogP contribution < -0.4 is 0 Å². The van der Waals surface area contributed by atoms with E-state index in [4.69, 9.17) is 56.8 Å². The number of aldehydes is 1. The maximum absolute atomic E-state index is 11.8. The Morgan fingerprint density at radius 2 is 0.654 bits per heavy atom. The lowest BCUT2D eigenvalue weighted by molar-refractivity contribution is -0.396. The van der Waals surface area contributed by atoms with Crippen molar-refractivity contribution in [3.8, 4) is 0 Å². The molecule has 23 N–H and O–H groups in total. The molecule has 6 heterocycles. The smallest absolute Gasteiger partial charge is 0.187 e. The van der Waals surface area contributed by atoms with Gasteiger partial charge in [-0.3, -0.25) is 0 Å². The van der Waals surface area contributed by atoms with Crippen LogP contribution in [0.3, 0.4) is 0 Å². The Morgan fingerprint density at radius 3 is 1.00 bits per heavy atom. The molecule has 0 spiro atoms. The average molecular weight is 1150 g/mol. The van der Waals surface area contributed by atoms with Crippen molar-refractivity contribution in [3.63, 3.8) is 0 Å².